The lowest BCUT2D eigenvalue weighted by atomic mass is 9.95. The van der Waals surface area contributed by atoms with Crippen molar-refractivity contribution in [3.05, 3.63) is 28.8 Å². The number of hydrogen-bond acceptors (Lipinski definition) is 2. The van der Waals surface area contributed by atoms with Crippen LogP contribution in [0.4, 0.5) is 0 Å². The molecule has 0 aliphatic rings. The lowest BCUT2D eigenvalue weighted by Gasteiger charge is -2.25. The Morgan fingerprint density at radius 1 is 1.28 bits per heavy atom. The topological polar surface area (TPSA) is 21.3 Å². The van der Waals surface area contributed by atoms with Gasteiger partial charge in [-0.3, -0.25) is 0 Å². The molecule has 0 heterocycles. The van der Waals surface area contributed by atoms with E-state index in [4.69, 9.17) is 16.3 Å². The van der Waals surface area contributed by atoms with E-state index in [2.05, 4.69) is 33.0 Å². The fraction of sp³-hybridized carbons (Fsp3) is 0.600. The van der Waals surface area contributed by atoms with Gasteiger partial charge < -0.3 is 10.1 Å². The number of aryl methyl sites for hydroxylation is 1. The summed E-state index contributed by atoms with van der Waals surface area (Å²) in [5.74, 6) is 0.904. The summed E-state index contributed by atoms with van der Waals surface area (Å²) in [6.07, 6.45) is 0.927. The quantitative estimate of drug-likeness (QED) is 0.810. The molecule has 0 spiro atoms. The van der Waals surface area contributed by atoms with Crippen LogP contribution in [-0.4, -0.2) is 19.7 Å². The second-order valence-electron chi connectivity index (χ2n) is 5.34. The molecule has 0 fully saturated rings. The van der Waals surface area contributed by atoms with E-state index in [0.717, 1.165) is 35.8 Å². The Kier molecular flexibility index (Phi) is 5.97. The van der Waals surface area contributed by atoms with Crippen LogP contribution in [0.5, 0.6) is 5.75 Å². The molecule has 0 aliphatic heterocycles. The van der Waals surface area contributed by atoms with Gasteiger partial charge in [-0.2, -0.15) is 0 Å². The van der Waals surface area contributed by atoms with Crippen LogP contribution in [0.2, 0.25) is 5.02 Å². The summed E-state index contributed by atoms with van der Waals surface area (Å²) in [5, 5.41) is 4.17. The molecule has 2 nitrogen and oxygen atoms in total. The molecule has 1 rings (SSSR count). The van der Waals surface area contributed by atoms with Crippen LogP contribution in [-0.2, 0) is 6.42 Å². The monoisotopic (exact) mass is 269 g/mol. The lowest BCUT2D eigenvalue weighted by molar-refractivity contribution is 0.177. The van der Waals surface area contributed by atoms with E-state index in [1.54, 1.807) is 0 Å². The molecule has 3 heteroatoms. The maximum atomic E-state index is 6.09. The number of ether oxygens (including phenoxy) is 1. The Labute approximate surface area is 116 Å². The number of nitrogens with one attached hydrogen (secondary N) is 1. The standard InChI is InChI=1S/C15H24ClNO/c1-5-12-9-13(7-8-14(12)16)18-11-15(3,4)10-17-6-2/h7-9,17H,5-6,10-11H2,1-4H3. The molecule has 0 bridgehead atoms. The van der Waals surface area contributed by atoms with Crippen LogP contribution in [0, 0.1) is 5.41 Å². The van der Waals surface area contributed by atoms with Crippen LogP contribution >= 0.6 is 11.6 Å². The molecular weight excluding hydrogens is 246 g/mol. The molecule has 0 aromatic heterocycles. The first-order valence-corrected chi connectivity index (χ1v) is 6.98. The minimum Gasteiger partial charge on any atom is -0.493 e. The van der Waals surface area contributed by atoms with Crippen LogP contribution < -0.4 is 10.1 Å². The van der Waals surface area contributed by atoms with Gasteiger partial charge in [0.25, 0.3) is 0 Å². The molecule has 0 atom stereocenters. The van der Waals surface area contributed by atoms with Gasteiger partial charge in [-0.05, 0) is 36.7 Å². The summed E-state index contributed by atoms with van der Waals surface area (Å²) in [6, 6.07) is 5.88. The van der Waals surface area contributed by atoms with Gasteiger partial charge in [0.2, 0.25) is 0 Å². The van der Waals surface area contributed by atoms with Gasteiger partial charge in [0.1, 0.15) is 5.75 Å². The minimum absolute atomic E-state index is 0.127. The first-order valence-electron chi connectivity index (χ1n) is 6.60. The second-order valence-corrected chi connectivity index (χ2v) is 5.75. The van der Waals surface area contributed by atoms with Gasteiger partial charge >= 0.3 is 0 Å². The summed E-state index contributed by atoms with van der Waals surface area (Å²) >= 11 is 6.09. The van der Waals surface area contributed by atoms with Crippen LogP contribution in [0.15, 0.2) is 18.2 Å². The van der Waals surface area contributed by atoms with Crippen molar-refractivity contribution in [2.45, 2.75) is 34.1 Å². The fourth-order valence-electron chi connectivity index (χ4n) is 1.70. The van der Waals surface area contributed by atoms with Crippen LogP contribution in [0.1, 0.15) is 33.3 Å². The highest BCUT2D eigenvalue weighted by molar-refractivity contribution is 6.31. The van der Waals surface area contributed by atoms with E-state index in [9.17, 15) is 0 Å². The van der Waals surface area contributed by atoms with E-state index < -0.39 is 0 Å². The third-order valence-corrected chi connectivity index (χ3v) is 3.25. The average Bonchev–Trinajstić information content (AvgIpc) is 2.35. The molecule has 1 N–H and O–H groups in total. The molecule has 18 heavy (non-hydrogen) atoms. The molecule has 0 radical (unpaired) electrons. The molecule has 0 amide bonds. The van der Waals surface area contributed by atoms with Crippen molar-refractivity contribution in [1.29, 1.82) is 0 Å². The Morgan fingerprint density at radius 3 is 2.61 bits per heavy atom. The van der Waals surface area contributed by atoms with Crippen molar-refractivity contribution in [2.24, 2.45) is 5.41 Å². The zero-order valence-corrected chi connectivity index (χ0v) is 12.6. The molecule has 0 saturated heterocycles. The highest BCUT2D eigenvalue weighted by Crippen LogP contribution is 2.24. The van der Waals surface area contributed by atoms with Gasteiger partial charge in [-0.25, -0.2) is 0 Å². The van der Waals surface area contributed by atoms with Gasteiger partial charge in [-0.15, -0.1) is 0 Å². The molecule has 0 saturated carbocycles. The normalized spacial score (nSPS) is 11.6. The number of benzene rings is 1. The van der Waals surface area contributed by atoms with Crippen LogP contribution in [0.3, 0.4) is 0 Å². The number of rotatable bonds is 7. The Morgan fingerprint density at radius 2 is 2.00 bits per heavy atom. The van der Waals surface area contributed by atoms with E-state index in [1.807, 2.05) is 18.2 Å². The number of halogens is 1. The van der Waals surface area contributed by atoms with Crippen LogP contribution in [0.25, 0.3) is 0 Å². The molecule has 1 aromatic carbocycles. The first-order chi connectivity index (χ1) is 8.48. The third kappa shape index (κ3) is 4.87. The average molecular weight is 270 g/mol. The summed E-state index contributed by atoms with van der Waals surface area (Å²) in [7, 11) is 0. The molecule has 0 aliphatic carbocycles. The Bertz CT molecular complexity index is 377. The van der Waals surface area contributed by atoms with Crippen molar-refractivity contribution in [2.75, 3.05) is 19.7 Å². The highest BCUT2D eigenvalue weighted by atomic mass is 35.5. The van der Waals surface area contributed by atoms with Gasteiger partial charge in [-0.1, -0.05) is 39.3 Å². The summed E-state index contributed by atoms with van der Waals surface area (Å²) in [4.78, 5) is 0. The summed E-state index contributed by atoms with van der Waals surface area (Å²) in [6.45, 7) is 11.3. The van der Waals surface area contributed by atoms with E-state index in [1.165, 1.54) is 0 Å². The molecule has 0 unspecified atom stereocenters. The van der Waals surface area contributed by atoms with Gasteiger partial charge in [0.15, 0.2) is 0 Å². The zero-order valence-electron chi connectivity index (χ0n) is 11.8. The first kappa shape index (κ1) is 15.3. The fourth-order valence-corrected chi connectivity index (χ4v) is 1.96. The predicted molar refractivity (Wildman–Crippen MR) is 78.6 cm³/mol. The lowest BCUT2D eigenvalue weighted by Crippen LogP contribution is -2.34. The van der Waals surface area contributed by atoms with Crippen molar-refractivity contribution >= 4 is 11.6 Å². The second kappa shape index (κ2) is 7.01. The van der Waals surface area contributed by atoms with E-state index in [0.29, 0.717) is 6.61 Å². The predicted octanol–water partition coefficient (Wildman–Crippen LogP) is 3.92. The van der Waals surface area contributed by atoms with Crippen molar-refractivity contribution in [3.63, 3.8) is 0 Å². The van der Waals surface area contributed by atoms with Crippen molar-refractivity contribution < 1.29 is 4.74 Å². The van der Waals surface area contributed by atoms with Gasteiger partial charge in [0, 0.05) is 17.0 Å². The molecule has 102 valence electrons. The number of hydrogen-bond donors (Lipinski definition) is 1. The maximum Gasteiger partial charge on any atom is 0.119 e. The minimum atomic E-state index is 0.127. The van der Waals surface area contributed by atoms with Crippen molar-refractivity contribution in [3.8, 4) is 5.75 Å². The molecule has 1 aromatic rings. The highest BCUT2D eigenvalue weighted by Gasteiger charge is 2.18. The smallest absolute Gasteiger partial charge is 0.119 e. The Hall–Kier alpha value is -0.730. The summed E-state index contributed by atoms with van der Waals surface area (Å²) in [5.41, 5.74) is 1.26. The summed E-state index contributed by atoms with van der Waals surface area (Å²) < 4.78 is 5.87. The zero-order chi connectivity index (χ0) is 13.6. The van der Waals surface area contributed by atoms with E-state index in [-0.39, 0.29) is 5.41 Å². The SMILES string of the molecule is CCNCC(C)(C)COc1ccc(Cl)c(CC)c1. The maximum absolute atomic E-state index is 6.09. The largest absolute Gasteiger partial charge is 0.493 e. The van der Waals surface area contributed by atoms with Gasteiger partial charge in [0.05, 0.1) is 6.61 Å². The molecular formula is C15H24ClNO. The van der Waals surface area contributed by atoms with Crippen molar-refractivity contribution in [1.82, 2.24) is 5.32 Å². The Balaban J connectivity index is 2.57. The van der Waals surface area contributed by atoms with E-state index >= 15 is 0 Å². The third-order valence-electron chi connectivity index (χ3n) is 2.88.